The van der Waals surface area contributed by atoms with Crippen LogP contribution in [0, 0.1) is 0 Å². The van der Waals surface area contributed by atoms with Crippen molar-refractivity contribution in [3.63, 3.8) is 0 Å². The lowest BCUT2D eigenvalue weighted by molar-refractivity contribution is 0.340. The quantitative estimate of drug-likeness (QED) is 0.868. The van der Waals surface area contributed by atoms with Crippen molar-refractivity contribution in [3.8, 4) is 5.75 Å². The number of ether oxygens (including phenoxy) is 1. The predicted molar refractivity (Wildman–Crippen MR) is 86.6 cm³/mol. The fraction of sp³-hybridized carbons (Fsp3) is 0.368. The van der Waals surface area contributed by atoms with Gasteiger partial charge in [0, 0.05) is 13.1 Å². The van der Waals surface area contributed by atoms with E-state index < -0.39 is 0 Å². The normalized spacial score (nSPS) is 13.2. The van der Waals surface area contributed by atoms with Crippen LogP contribution in [0.25, 0.3) is 0 Å². The lowest BCUT2D eigenvalue weighted by atomic mass is 10.1. The minimum Gasteiger partial charge on any atom is -0.494 e. The average molecular weight is 281 g/mol. The molecule has 110 valence electrons. The van der Waals surface area contributed by atoms with E-state index in [2.05, 4.69) is 41.7 Å². The van der Waals surface area contributed by atoms with Crippen LogP contribution < -0.4 is 10.1 Å². The SMILES string of the molecule is CCOc1cccc(CNCc2ccc3c(c2)CCC3)c1. The van der Waals surface area contributed by atoms with Crippen LogP contribution in [0.4, 0.5) is 0 Å². The number of nitrogens with one attached hydrogen (secondary N) is 1. The first-order chi connectivity index (χ1) is 10.3. The number of benzene rings is 2. The molecule has 1 aliphatic carbocycles. The molecule has 0 atom stereocenters. The van der Waals surface area contributed by atoms with Crippen molar-refractivity contribution in [3.05, 3.63) is 64.7 Å². The molecule has 0 unspecified atom stereocenters. The van der Waals surface area contributed by atoms with Gasteiger partial charge in [-0.15, -0.1) is 0 Å². The minimum absolute atomic E-state index is 0.714. The molecule has 0 aliphatic heterocycles. The van der Waals surface area contributed by atoms with E-state index in [1.165, 1.54) is 30.4 Å². The van der Waals surface area contributed by atoms with E-state index in [0.717, 1.165) is 18.8 Å². The maximum Gasteiger partial charge on any atom is 0.119 e. The zero-order chi connectivity index (χ0) is 14.5. The standard InChI is InChI=1S/C19H23NO/c1-2-21-19-8-3-5-15(12-19)13-20-14-16-9-10-17-6-4-7-18(17)11-16/h3,5,8-12,20H,2,4,6-7,13-14H2,1H3. The fourth-order valence-corrected chi connectivity index (χ4v) is 3.00. The average Bonchev–Trinajstić information content (AvgIpc) is 2.96. The Kier molecular flexibility index (Phi) is 4.56. The second-order valence-corrected chi connectivity index (χ2v) is 5.64. The molecular weight excluding hydrogens is 258 g/mol. The van der Waals surface area contributed by atoms with E-state index >= 15 is 0 Å². The zero-order valence-corrected chi connectivity index (χ0v) is 12.7. The molecule has 0 bridgehead atoms. The van der Waals surface area contributed by atoms with Crippen LogP contribution in [0.1, 0.15) is 35.6 Å². The molecule has 0 saturated carbocycles. The van der Waals surface area contributed by atoms with Gasteiger partial charge in [-0.05, 0) is 60.6 Å². The Morgan fingerprint density at radius 2 is 1.76 bits per heavy atom. The number of fused-ring (bicyclic) bond motifs is 1. The van der Waals surface area contributed by atoms with Crippen molar-refractivity contribution in [1.82, 2.24) is 5.32 Å². The second-order valence-electron chi connectivity index (χ2n) is 5.64. The molecule has 0 fully saturated rings. The Hall–Kier alpha value is -1.80. The van der Waals surface area contributed by atoms with Crippen molar-refractivity contribution in [2.75, 3.05) is 6.61 Å². The predicted octanol–water partition coefficient (Wildman–Crippen LogP) is 3.86. The summed E-state index contributed by atoms with van der Waals surface area (Å²) in [4.78, 5) is 0. The molecule has 2 nitrogen and oxygen atoms in total. The van der Waals surface area contributed by atoms with Gasteiger partial charge in [0.25, 0.3) is 0 Å². The van der Waals surface area contributed by atoms with E-state index in [-0.39, 0.29) is 0 Å². The first-order valence-electron chi connectivity index (χ1n) is 7.88. The van der Waals surface area contributed by atoms with Gasteiger partial charge in [0.05, 0.1) is 6.61 Å². The van der Waals surface area contributed by atoms with Crippen molar-refractivity contribution >= 4 is 0 Å². The maximum atomic E-state index is 5.53. The van der Waals surface area contributed by atoms with Gasteiger partial charge >= 0.3 is 0 Å². The molecule has 0 aromatic heterocycles. The molecule has 1 N–H and O–H groups in total. The summed E-state index contributed by atoms with van der Waals surface area (Å²) in [6.07, 6.45) is 3.82. The van der Waals surface area contributed by atoms with Gasteiger partial charge in [0.2, 0.25) is 0 Å². The molecule has 0 amide bonds. The third-order valence-electron chi connectivity index (χ3n) is 4.03. The number of aryl methyl sites for hydroxylation is 2. The number of hydrogen-bond acceptors (Lipinski definition) is 2. The van der Waals surface area contributed by atoms with E-state index in [4.69, 9.17) is 4.74 Å². The number of rotatable bonds is 6. The molecule has 3 rings (SSSR count). The first-order valence-corrected chi connectivity index (χ1v) is 7.88. The van der Waals surface area contributed by atoms with Gasteiger partial charge in [-0.3, -0.25) is 0 Å². The highest BCUT2D eigenvalue weighted by molar-refractivity contribution is 5.35. The molecule has 0 radical (unpaired) electrons. The van der Waals surface area contributed by atoms with E-state index in [1.54, 1.807) is 11.1 Å². The molecule has 0 saturated heterocycles. The lowest BCUT2D eigenvalue weighted by Crippen LogP contribution is -2.13. The topological polar surface area (TPSA) is 21.3 Å². The summed E-state index contributed by atoms with van der Waals surface area (Å²) in [7, 11) is 0. The monoisotopic (exact) mass is 281 g/mol. The lowest BCUT2D eigenvalue weighted by Gasteiger charge is -2.09. The zero-order valence-electron chi connectivity index (χ0n) is 12.7. The summed E-state index contributed by atoms with van der Waals surface area (Å²) in [5.74, 6) is 0.953. The molecular formula is C19H23NO. The Morgan fingerprint density at radius 1 is 0.952 bits per heavy atom. The molecule has 2 heteroatoms. The highest BCUT2D eigenvalue weighted by Gasteiger charge is 2.10. The summed E-state index contributed by atoms with van der Waals surface area (Å²) >= 11 is 0. The van der Waals surface area contributed by atoms with Crippen LogP contribution in [-0.4, -0.2) is 6.61 Å². The summed E-state index contributed by atoms with van der Waals surface area (Å²) < 4.78 is 5.53. The van der Waals surface area contributed by atoms with Crippen molar-refractivity contribution in [1.29, 1.82) is 0 Å². The van der Waals surface area contributed by atoms with E-state index in [1.807, 2.05) is 13.0 Å². The number of hydrogen-bond donors (Lipinski definition) is 1. The largest absolute Gasteiger partial charge is 0.494 e. The highest BCUT2D eigenvalue weighted by atomic mass is 16.5. The van der Waals surface area contributed by atoms with Gasteiger partial charge in [-0.25, -0.2) is 0 Å². The van der Waals surface area contributed by atoms with Gasteiger partial charge < -0.3 is 10.1 Å². The van der Waals surface area contributed by atoms with Crippen LogP contribution in [0.3, 0.4) is 0 Å². The molecule has 2 aromatic carbocycles. The molecule has 0 spiro atoms. The van der Waals surface area contributed by atoms with E-state index in [9.17, 15) is 0 Å². The first kappa shape index (κ1) is 14.2. The van der Waals surface area contributed by atoms with Crippen molar-refractivity contribution in [2.45, 2.75) is 39.3 Å². The van der Waals surface area contributed by atoms with Crippen LogP contribution >= 0.6 is 0 Å². The van der Waals surface area contributed by atoms with Crippen LogP contribution in [0.2, 0.25) is 0 Å². The Morgan fingerprint density at radius 3 is 2.62 bits per heavy atom. The van der Waals surface area contributed by atoms with Crippen LogP contribution in [-0.2, 0) is 25.9 Å². The smallest absolute Gasteiger partial charge is 0.119 e. The third kappa shape index (κ3) is 3.64. The summed E-state index contributed by atoms with van der Waals surface area (Å²) in [6.45, 7) is 4.52. The van der Waals surface area contributed by atoms with Gasteiger partial charge in [-0.1, -0.05) is 30.3 Å². The highest BCUT2D eigenvalue weighted by Crippen LogP contribution is 2.22. The summed E-state index contributed by atoms with van der Waals surface area (Å²) in [5, 5.41) is 3.52. The Balaban J connectivity index is 1.55. The molecule has 2 aromatic rings. The van der Waals surface area contributed by atoms with Crippen molar-refractivity contribution < 1.29 is 4.74 Å². The molecule has 1 aliphatic rings. The summed E-state index contributed by atoms with van der Waals surface area (Å²) in [6, 6.07) is 15.2. The Bertz CT molecular complexity index is 606. The third-order valence-corrected chi connectivity index (χ3v) is 4.03. The van der Waals surface area contributed by atoms with Gasteiger partial charge in [-0.2, -0.15) is 0 Å². The Labute approximate surface area is 127 Å². The fourth-order valence-electron chi connectivity index (χ4n) is 3.00. The van der Waals surface area contributed by atoms with E-state index in [0.29, 0.717) is 6.61 Å². The summed E-state index contributed by atoms with van der Waals surface area (Å²) in [5.41, 5.74) is 5.74. The van der Waals surface area contributed by atoms with Gasteiger partial charge in [0.15, 0.2) is 0 Å². The van der Waals surface area contributed by atoms with Crippen LogP contribution in [0.5, 0.6) is 5.75 Å². The van der Waals surface area contributed by atoms with Gasteiger partial charge in [0.1, 0.15) is 5.75 Å². The molecule has 21 heavy (non-hydrogen) atoms. The minimum atomic E-state index is 0.714. The van der Waals surface area contributed by atoms with Crippen LogP contribution in [0.15, 0.2) is 42.5 Å². The second kappa shape index (κ2) is 6.77. The maximum absolute atomic E-state index is 5.53. The van der Waals surface area contributed by atoms with Crippen molar-refractivity contribution in [2.24, 2.45) is 0 Å². The molecule has 0 heterocycles.